The number of hydrogen-bond acceptors (Lipinski definition) is 16. The number of hydrogen-bond donors (Lipinski definition) is 6. The second kappa shape index (κ2) is 48.2. The van der Waals surface area contributed by atoms with Gasteiger partial charge in [-0.05, 0) is 551 Å². The molecule has 22 heteroatoms. The predicted molar refractivity (Wildman–Crippen MR) is 589 cm³/mol. The lowest BCUT2D eigenvalue weighted by molar-refractivity contribution is -0.157. The Morgan fingerprint density at radius 3 is 0.986 bits per heavy atom. The van der Waals surface area contributed by atoms with Crippen LogP contribution < -0.4 is 22.1 Å². The Kier molecular flexibility index (Phi) is 39.1. The molecule has 39 atom stereocenters. The minimum Gasteiger partial charge on any atom is -0.481 e. The summed E-state index contributed by atoms with van der Waals surface area (Å²) in [4.78, 5) is 99.9. The summed E-state index contributed by atoms with van der Waals surface area (Å²) in [6.45, 7) is 58.2. The summed E-state index contributed by atoms with van der Waals surface area (Å²) in [7, 11) is 0. The number of fused-ring (bicyclic) bond motifs is 20. The molecule has 17 rings (SSSR count). The number of rotatable bonds is 25. The quantitative estimate of drug-likeness (QED) is 0.0163. The summed E-state index contributed by atoms with van der Waals surface area (Å²) in [6, 6.07) is -0.0124. The Morgan fingerprint density at radius 1 is 0.372 bits per heavy atom. The van der Waals surface area contributed by atoms with Crippen molar-refractivity contribution in [2.75, 3.05) is 6.61 Å². The van der Waals surface area contributed by atoms with Crippen molar-refractivity contribution < 1.29 is 72.3 Å². The number of nitrogens with two attached hydrogens (primary N) is 2. The van der Waals surface area contributed by atoms with Gasteiger partial charge in [-0.1, -0.05) is 95.1 Å². The zero-order valence-electron chi connectivity index (χ0n) is 98.2. The number of carboxylic acids is 2. The molecule has 2 amide bonds. The van der Waals surface area contributed by atoms with E-state index in [1.165, 1.54) is 199 Å². The highest BCUT2D eigenvalue weighted by Crippen LogP contribution is 2.74. The largest absolute Gasteiger partial charge is 0.481 e. The lowest BCUT2D eigenvalue weighted by Gasteiger charge is -2.61. The van der Waals surface area contributed by atoms with Crippen LogP contribution in [0.3, 0.4) is 0 Å². The molecule has 16 saturated carbocycles. The molecule has 17 fully saturated rings. The molecule has 16 aliphatic carbocycles. The highest BCUT2D eigenvalue weighted by molar-refractivity contribution is 5.86. The van der Waals surface area contributed by atoms with E-state index in [0.717, 1.165) is 172 Å². The van der Waals surface area contributed by atoms with Gasteiger partial charge in [-0.3, -0.25) is 38.4 Å². The second-order valence-corrected chi connectivity index (χ2v) is 59.6. The van der Waals surface area contributed by atoms with Crippen molar-refractivity contribution in [1.29, 1.82) is 0 Å². The van der Waals surface area contributed by atoms with Gasteiger partial charge in [0.2, 0.25) is 11.8 Å². The van der Waals surface area contributed by atoms with E-state index in [-0.39, 0.29) is 84.6 Å². The summed E-state index contributed by atoms with van der Waals surface area (Å²) in [6.07, 6.45) is 54.0. The van der Waals surface area contributed by atoms with Crippen LogP contribution in [0.25, 0.3) is 10.4 Å². The van der Waals surface area contributed by atoms with E-state index in [2.05, 4.69) is 111 Å². The minimum atomic E-state index is -1.04. The van der Waals surface area contributed by atoms with Crippen molar-refractivity contribution in [2.45, 2.75) is 547 Å². The smallest absolute Gasteiger partial charge is 0.307 e. The standard InChI is InChI=1S/C37H63NO5.C28H47N3O2.C28H46N2O5.C28H49NO2.C5H10O/c1-23(11-16-31(39)42-34(3,4)5)28-14-15-29-27-13-12-25-22-26(17-19-36(25,9)30(27)18-20-37(28,29)10)38-33(41)24(2)21-32(40)43-35(6,7)8;1-18(7-12-25(32)33-26(2,3)4)22-10-11-23-21-9-8-19-17-20(30-31-29)13-15-27(19,5)24(21)14-16-28(22,23)6;1-16(4-9-24(31)32)20-7-8-21-19-6-5-17-14-18(30-26(35)23(29)15-25(33)34)10-12-27(17,2)22(19)11-13-28(20,21)3;1-18(7-12-25(30)31-26(2,3)4)22-10-11-23-21-9-8-19-17-20(29)13-15-27(19,5)24(21)14-16-28(22,23)6;1-5-3-2-4-6-5/h23-30H,11-22H2,1-10H3,(H,38,41);18-24H,7-17H2,1-6H3;16-23H,4-15,29H2,1-3H3,(H,30,35)(H,31,32)(H,33,34);18-24H,7-17,29H2,1-6H3;5H,2-4H2,1H3/t23-,24+,25-,26-,27+,28?,29+,30+,36+,37-;18-,19-,20?,21+,22?,23+,24+,27+,28-;16-,17-,18-,19+,20?,21+,22+,23+,27+,28-;18-,19-,20-,21+,22?,23+,24+,27+,28-;/m1111./s1. The molecule has 1 heterocycles. The number of esters is 4. The normalized spacial score (nSPS) is 41.5. The van der Waals surface area contributed by atoms with Crippen LogP contribution in [0.4, 0.5) is 0 Å². The molecule has 148 heavy (non-hydrogen) atoms. The first-order chi connectivity index (χ1) is 69.1. The van der Waals surface area contributed by atoms with Gasteiger partial charge in [-0.25, -0.2) is 0 Å². The van der Waals surface area contributed by atoms with Gasteiger partial charge < -0.3 is 56.0 Å². The van der Waals surface area contributed by atoms with Gasteiger partial charge in [0.15, 0.2) is 0 Å². The molecule has 6 unspecified atom stereocenters. The van der Waals surface area contributed by atoms with Gasteiger partial charge in [0.05, 0.1) is 25.0 Å². The van der Waals surface area contributed by atoms with Gasteiger partial charge in [0.1, 0.15) is 22.4 Å². The lowest BCUT2D eigenvalue weighted by atomic mass is 9.44. The second-order valence-electron chi connectivity index (χ2n) is 59.6. The SMILES string of the molecule is CC1CCCO1.C[C@H](CCC(=O)O)C1CC[C@H]2[C@@H]3CC[C@@H]4C[C@H](NC(=O)[C@@H](N)CC(=O)O)CC[C@]4(C)[C@H]3CC[C@]12C.C[C@H](CCC(=O)OC(C)(C)C)C1CC[C@H]2[C@@H]3CC[C@@H]4CC(N=[N+]=[N-])CC[C@]4(C)[C@H]3CC[C@]12C.C[C@H](CCC(=O)OC(C)(C)C)C1CC[C@H]2[C@@H]3CC[C@@H]4C[C@H](N)CC[C@]4(C)[C@H]3CC[C@]12C.C[C@H](CCC(=O)OC(C)(C)C)C1CC[C@H]2[C@@H]3CC[C@@H]4C[C@H](NC(=O)[C@@H](C)CC(=O)OC(C)(C)C)CC[C@]4(C)[C@H]3CC[C@]12C. The fourth-order valence-corrected chi connectivity index (χ4v) is 39.2. The number of carbonyl (C=O) groups is 8. The molecule has 0 bridgehead atoms. The summed E-state index contributed by atoms with van der Waals surface area (Å²) in [5.74, 6) is 14.9. The van der Waals surface area contributed by atoms with E-state index < -0.39 is 34.8 Å². The average Bonchev–Trinajstić information content (AvgIpc) is 1.41. The maximum atomic E-state index is 13.0. The first-order valence-electron chi connectivity index (χ1n) is 61.2. The van der Waals surface area contributed by atoms with Crippen molar-refractivity contribution in [2.24, 2.45) is 208 Å². The molecule has 0 radical (unpaired) electrons. The fourth-order valence-electron chi connectivity index (χ4n) is 39.2. The summed E-state index contributed by atoms with van der Waals surface area (Å²) < 4.78 is 27.3. The fraction of sp³-hybridized carbons (Fsp3) is 0.937. The minimum absolute atomic E-state index is 0.0145. The molecule has 0 aromatic rings. The van der Waals surface area contributed by atoms with Crippen LogP contribution in [0, 0.1) is 191 Å². The van der Waals surface area contributed by atoms with E-state index in [0.29, 0.717) is 122 Å². The Bertz CT molecular complexity index is 4520. The van der Waals surface area contributed by atoms with Crippen molar-refractivity contribution in [1.82, 2.24) is 10.6 Å². The molecule has 844 valence electrons. The molecule has 8 N–H and O–H groups in total. The number of nitrogens with one attached hydrogen (secondary N) is 2. The number of carboxylic acid groups (broad SMARTS) is 2. The van der Waals surface area contributed by atoms with Crippen molar-refractivity contribution in [3.63, 3.8) is 0 Å². The first-order valence-corrected chi connectivity index (χ1v) is 61.2. The van der Waals surface area contributed by atoms with E-state index in [4.69, 9.17) is 45.8 Å². The summed E-state index contributed by atoms with van der Waals surface area (Å²) in [5.41, 5.74) is 22.6. The molecule has 0 spiro atoms. The number of ether oxygens (including phenoxy) is 5. The van der Waals surface area contributed by atoms with Crippen LogP contribution in [-0.4, -0.2) is 123 Å². The Morgan fingerprint density at radius 2 is 0.676 bits per heavy atom. The van der Waals surface area contributed by atoms with Gasteiger partial charge in [-0.15, -0.1) is 0 Å². The predicted octanol–water partition coefficient (Wildman–Crippen LogP) is 28.7. The number of nitrogens with zero attached hydrogens (tertiary/aromatic N) is 3. The van der Waals surface area contributed by atoms with E-state index in [1.54, 1.807) is 0 Å². The molecule has 1 saturated heterocycles. The summed E-state index contributed by atoms with van der Waals surface area (Å²) >= 11 is 0. The zero-order valence-corrected chi connectivity index (χ0v) is 98.2. The van der Waals surface area contributed by atoms with Crippen molar-refractivity contribution in [3.8, 4) is 0 Å². The Hall–Kier alpha value is -5.05. The molecule has 0 aromatic carbocycles. The average molecular weight is 2070 g/mol. The molecule has 17 aliphatic rings. The molecule has 22 nitrogen and oxygen atoms in total. The maximum Gasteiger partial charge on any atom is 0.307 e. The van der Waals surface area contributed by atoms with Crippen LogP contribution >= 0.6 is 0 Å². The molecular weight excluding hydrogens is 1850 g/mol. The summed E-state index contributed by atoms with van der Waals surface area (Å²) in [5, 5.41) is 28.6. The maximum absolute atomic E-state index is 13.0. The molecule has 0 aromatic heterocycles. The third-order valence-corrected chi connectivity index (χ3v) is 46.3. The number of carbonyl (C=O) groups excluding carboxylic acids is 6. The Labute approximate surface area is 897 Å². The van der Waals surface area contributed by atoms with Crippen LogP contribution in [0.15, 0.2) is 5.11 Å². The van der Waals surface area contributed by atoms with Crippen molar-refractivity contribution in [3.05, 3.63) is 10.4 Å². The van der Waals surface area contributed by atoms with Crippen LogP contribution in [0.5, 0.6) is 0 Å². The molecule has 1 aliphatic heterocycles. The third-order valence-electron chi connectivity index (χ3n) is 46.3. The Balaban J connectivity index is 0.000000162. The zero-order chi connectivity index (χ0) is 109. The lowest BCUT2D eigenvalue weighted by Crippen LogP contribution is -2.56. The number of azide groups is 1. The molecular formula is C126H215N7O15. The highest BCUT2D eigenvalue weighted by Gasteiger charge is 2.67. The van der Waals surface area contributed by atoms with E-state index >= 15 is 0 Å². The number of aliphatic carboxylic acids is 2. The van der Waals surface area contributed by atoms with E-state index in [9.17, 15) is 43.5 Å². The van der Waals surface area contributed by atoms with Gasteiger partial charge in [0.25, 0.3) is 0 Å². The van der Waals surface area contributed by atoms with Gasteiger partial charge in [0, 0.05) is 67.3 Å². The van der Waals surface area contributed by atoms with E-state index in [1.807, 2.05) is 90.0 Å². The van der Waals surface area contributed by atoms with Gasteiger partial charge in [-0.2, -0.15) is 0 Å². The van der Waals surface area contributed by atoms with Crippen LogP contribution in [-0.2, 0) is 62.0 Å². The number of amides is 2. The third kappa shape index (κ3) is 27.5. The monoisotopic (exact) mass is 2070 g/mol. The van der Waals surface area contributed by atoms with Gasteiger partial charge >= 0.3 is 35.8 Å². The van der Waals surface area contributed by atoms with Crippen LogP contribution in [0.2, 0.25) is 0 Å². The topological polar surface area (TPSA) is 348 Å². The van der Waals surface area contributed by atoms with Crippen molar-refractivity contribution >= 4 is 47.6 Å². The highest BCUT2D eigenvalue weighted by atomic mass is 16.6. The first kappa shape index (κ1) is 120. The van der Waals surface area contributed by atoms with Crippen LogP contribution in [0.1, 0.15) is 488 Å².